The molecular weight excluding hydrogens is 318 g/mol. The third-order valence-electron chi connectivity index (χ3n) is 4.21. The topological polar surface area (TPSA) is 29.5 Å². The van der Waals surface area contributed by atoms with Crippen molar-refractivity contribution in [1.29, 1.82) is 0 Å². The Morgan fingerprint density at radius 1 is 1.00 bits per heavy atom. The number of hydrogen-bond acceptors (Lipinski definition) is 4. The predicted molar refractivity (Wildman–Crippen MR) is 104 cm³/mol. The molecule has 1 heterocycles. The number of anilines is 1. The Morgan fingerprint density at radius 2 is 1.71 bits per heavy atom. The highest BCUT2D eigenvalue weighted by atomic mass is 32.1. The molecule has 0 unspecified atom stereocenters. The van der Waals surface area contributed by atoms with Crippen molar-refractivity contribution in [2.45, 2.75) is 13.8 Å². The summed E-state index contributed by atoms with van der Waals surface area (Å²) in [4.78, 5) is 15.8. The Morgan fingerprint density at radius 3 is 2.33 bits per heavy atom. The monoisotopic (exact) mass is 339 g/mol. The number of rotatable bonds is 5. The first-order valence-electron chi connectivity index (χ1n) is 8.13. The van der Waals surface area contributed by atoms with E-state index in [1.165, 1.54) is 0 Å². The van der Waals surface area contributed by atoms with E-state index in [1.807, 2.05) is 30.3 Å². The van der Waals surface area contributed by atoms with E-state index in [0.717, 1.165) is 45.1 Å². The highest BCUT2D eigenvalue weighted by Gasteiger charge is 2.08. The van der Waals surface area contributed by atoms with Crippen molar-refractivity contribution in [2.24, 2.45) is 0 Å². The zero-order valence-electron chi connectivity index (χ0n) is 14.2. The summed E-state index contributed by atoms with van der Waals surface area (Å²) in [5, 5.41) is 0.793. The van der Waals surface area contributed by atoms with Crippen LogP contribution in [0.2, 0.25) is 0 Å². The molecule has 0 fully saturated rings. The van der Waals surface area contributed by atoms with Gasteiger partial charge in [-0.3, -0.25) is 4.79 Å². The van der Waals surface area contributed by atoms with E-state index in [4.69, 9.17) is 4.74 Å². The maximum Gasteiger partial charge on any atom is 0.188 e. The third kappa shape index (κ3) is 3.15. The van der Waals surface area contributed by atoms with Gasteiger partial charge in [0.25, 0.3) is 0 Å². The standard InChI is InChI=1S/C20H21NO2S/c1-4-21(5-2)15-8-11-19-17(12-15)18(22)13-20(24-19)14-6-9-16(23-3)10-7-14/h6-13H,4-5H2,1-3H3. The average Bonchev–Trinajstić information content (AvgIpc) is 2.63. The summed E-state index contributed by atoms with van der Waals surface area (Å²) in [6, 6.07) is 15.7. The molecule has 3 nitrogen and oxygen atoms in total. The minimum Gasteiger partial charge on any atom is -0.497 e. The normalized spacial score (nSPS) is 10.8. The molecule has 1 aromatic heterocycles. The molecule has 124 valence electrons. The first-order valence-corrected chi connectivity index (χ1v) is 8.95. The van der Waals surface area contributed by atoms with E-state index in [-0.39, 0.29) is 5.43 Å². The molecule has 4 heteroatoms. The molecule has 0 aliphatic heterocycles. The van der Waals surface area contributed by atoms with Gasteiger partial charge in [0.1, 0.15) is 5.75 Å². The van der Waals surface area contributed by atoms with Crippen molar-refractivity contribution in [3.8, 4) is 16.2 Å². The van der Waals surface area contributed by atoms with Gasteiger partial charge >= 0.3 is 0 Å². The molecule has 3 aromatic rings. The largest absolute Gasteiger partial charge is 0.497 e. The van der Waals surface area contributed by atoms with Crippen LogP contribution >= 0.6 is 11.3 Å². The highest BCUT2D eigenvalue weighted by molar-refractivity contribution is 7.21. The molecule has 0 bridgehead atoms. The van der Waals surface area contributed by atoms with Crippen LogP contribution in [-0.4, -0.2) is 20.2 Å². The number of benzene rings is 2. The summed E-state index contributed by atoms with van der Waals surface area (Å²) < 4.78 is 6.21. The number of fused-ring (bicyclic) bond motifs is 1. The predicted octanol–water partition coefficient (Wildman–Crippen LogP) is 4.78. The lowest BCUT2D eigenvalue weighted by Crippen LogP contribution is -2.21. The molecule has 0 saturated carbocycles. The molecule has 2 aromatic carbocycles. The molecule has 0 saturated heterocycles. The Bertz CT molecular complexity index is 896. The van der Waals surface area contributed by atoms with E-state index in [1.54, 1.807) is 24.5 Å². The van der Waals surface area contributed by atoms with Crippen molar-refractivity contribution in [3.63, 3.8) is 0 Å². The van der Waals surface area contributed by atoms with E-state index < -0.39 is 0 Å². The summed E-state index contributed by atoms with van der Waals surface area (Å²) in [5.41, 5.74) is 2.21. The summed E-state index contributed by atoms with van der Waals surface area (Å²) >= 11 is 1.64. The fraction of sp³-hybridized carbons (Fsp3) is 0.250. The Labute approximate surface area is 146 Å². The summed E-state index contributed by atoms with van der Waals surface area (Å²) in [5.74, 6) is 0.816. The first-order chi connectivity index (χ1) is 11.7. The molecule has 0 N–H and O–H groups in total. The molecule has 0 atom stereocenters. The average molecular weight is 339 g/mol. The minimum atomic E-state index is 0.0728. The molecule has 0 aliphatic rings. The van der Waals surface area contributed by atoms with E-state index in [2.05, 4.69) is 30.9 Å². The van der Waals surface area contributed by atoms with Crippen LogP contribution in [0.3, 0.4) is 0 Å². The van der Waals surface area contributed by atoms with Gasteiger partial charge in [0, 0.05) is 39.8 Å². The Kier molecular flexibility index (Phi) is 4.86. The van der Waals surface area contributed by atoms with Gasteiger partial charge in [0.2, 0.25) is 0 Å². The van der Waals surface area contributed by atoms with Gasteiger partial charge in [-0.1, -0.05) is 0 Å². The zero-order chi connectivity index (χ0) is 17.1. The van der Waals surface area contributed by atoms with Gasteiger partial charge in [-0.15, -0.1) is 11.3 Å². The third-order valence-corrected chi connectivity index (χ3v) is 5.36. The highest BCUT2D eigenvalue weighted by Crippen LogP contribution is 2.31. The molecule has 0 spiro atoms. The second-order valence-electron chi connectivity index (χ2n) is 5.56. The molecular formula is C20H21NO2S. The van der Waals surface area contributed by atoms with Gasteiger partial charge in [-0.25, -0.2) is 0 Å². The summed E-state index contributed by atoms with van der Waals surface area (Å²) in [6.45, 7) is 6.12. The fourth-order valence-corrected chi connectivity index (χ4v) is 3.89. The second kappa shape index (κ2) is 7.05. The van der Waals surface area contributed by atoms with Gasteiger partial charge in [0.15, 0.2) is 5.43 Å². The second-order valence-corrected chi connectivity index (χ2v) is 6.64. The van der Waals surface area contributed by atoms with E-state index in [9.17, 15) is 4.79 Å². The van der Waals surface area contributed by atoms with Gasteiger partial charge in [-0.2, -0.15) is 0 Å². The SMILES string of the molecule is CCN(CC)c1ccc2sc(-c3ccc(OC)cc3)cc(=O)c2c1. The van der Waals surface area contributed by atoms with Gasteiger partial charge < -0.3 is 9.64 Å². The Balaban J connectivity index is 2.07. The first kappa shape index (κ1) is 16.5. The number of hydrogen-bond donors (Lipinski definition) is 0. The van der Waals surface area contributed by atoms with Crippen molar-refractivity contribution in [2.75, 3.05) is 25.1 Å². The molecule has 24 heavy (non-hydrogen) atoms. The van der Waals surface area contributed by atoms with Crippen LogP contribution in [0.25, 0.3) is 20.5 Å². The summed E-state index contributed by atoms with van der Waals surface area (Å²) in [7, 11) is 1.65. The maximum atomic E-state index is 12.6. The molecule has 0 amide bonds. The van der Waals surface area contributed by atoms with Crippen molar-refractivity contribution < 1.29 is 4.74 Å². The number of nitrogens with zero attached hydrogens (tertiary/aromatic N) is 1. The molecule has 3 rings (SSSR count). The van der Waals surface area contributed by atoms with Crippen molar-refractivity contribution in [3.05, 3.63) is 58.8 Å². The van der Waals surface area contributed by atoms with Gasteiger partial charge in [-0.05, 0) is 61.9 Å². The van der Waals surface area contributed by atoms with Crippen LogP contribution < -0.4 is 15.1 Å². The number of methoxy groups -OCH3 is 1. The van der Waals surface area contributed by atoms with Crippen molar-refractivity contribution >= 4 is 27.1 Å². The summed E-state index contributed by atoms with van der Waals surface area (Å²) in [6.07, 6.45) is 0. The smallest absolute Gasteiger partial charge is 0.188 e. The quantitative estimate of drug-likeness (QED) is 0.670. The van der Waals surface area contributed by atoms with E-state index in [0.29, 0.717) is 0 Å². The lowest BCUT2D eigenvalue weighted by atomic mass is 10.1. The van der Waals surface area contributed by atoms with Crippen molar-refractivity contribution in [1.82, 2.24) is 0 Å². The van der Waals surface area contributed by atoms with E-state index >= 15 is 0 Å². The Hall–Kier alpha value is -2.33. The van der Waals surface area contributed by atoms with Gasteiger partial charge in [0.05, 0.1) is 7.11 Å². The molecule has 0 radical (unpaired) electrons. The lowest BCUT2D eigenvalue weighted by Gasteiger charge is -2.21. The van der Waals surface area contributed by atoms with Crippen LogP contribution in [0.5, 0.6) is 5.75 Å². The zero-order valence-corrected chi connectivity index (χ0v) is 15.0. The maximum absolute atomic E-state index is 12.6. The molecule has 0 aliphatic carbocycles. The fourth-order valence-electron chi connectivity index (χ4n) is 2.83. The van der Waals surface area contributed by atoms with Crippen LogP contribution in [0.15, 0.2) is 53.3 Å². The lowest BCUT2D eigenvalue weighted by molar-refractivity contribution is 0.415. The van der Waals surface area contributed by atoms with Crippen LogP contribution in [0.1, 0.15) is 13.8 Å². The van der Waals surface area contributed by atoms with Crippen LogP contribution in [0.4, 0.5) is 5.69 Å². The minimum absolute atomic E-state index is 0.0728. The number of ether oxygens (including phenoxy) is 1. The van der Waals surface area contributed by atoms with Crippen LogP contribution in [0, 0.1) is 0 Å². The van der Waals surface area contributed by atoms with Crippen LogP contribution in [-0.2, 0) is 0 Å².